The Kier molecular flexibility index (Phi) is 7.95. The van der Waals surface area contributed by atoms with Crippen molar-refractivity contribution in [3.05, 3.63) is 45.9 Å². The molecule has 150 valence electrons. The van der Waals surface area contributed by atoms with E-state index in [4.69, 9.17) is 16.3 Å². The third-order valence-corrected chi connectivity index (χ3v) is 4.97. The molecule has 0 aliphatic heterocycles. The Bertz CT molecular complexity index is 838. The van der Waals surface area contributed by atoms with Gasteiger partial charge in [0.15, 0.2) is 10.8 Å². The van der Waals surface area contributed by atoms with Crippen molar-refractivity contribution in [2.75, 3.05) is 18.1 Å². The number of benzene rings is 1. The van der Waals surface area contributed by atoms with Gasteiger partial charge in [0.05, 0.1) is 19.1 Å². The number of hydrogen-bond donors (Lipinski definition) is 1. The summed E-state index contributed by atoms with van der Waals surface area (Å²) >= 11 is 7.12. The second-order valence-corrected chi connectivity index (χ2v) is 7.16. The SMILES string of the molecule is CCOC(=O)c1csc(N(CC)C(=O)C[C@H](NC(C)=O)c2ccc(Cl)cc2)n1. The van der Waals surface area contributed by atoms with Crippen molar-refractivity contribution in [1.29, 1.82) is 0 Å². The van der Waals surface area contributed by atoms with Gasteiger partial charge in [0, 0.05) is 23.9 Å². The largest absolute Gasteiger partial charge is 0.461 e. The standard InChI is InChI=1S/C19H22ClN3O4S/c1-4-23(19-22-16(11-28-19)18(26)27-5-2)17(25)10-15(21-12(3)24)13-6-8-14(20)9-7-13/h6-9,11,15H,4-5,10H2,1-3H3,(H,21,24)/t15-/m0/s1. The molecular formula is C19H22ClN3O4S. The van der Waals surface area contributed by atoms with E-state index >= 15 is 0 Å². The van der Waals surface area contributed by atoms with E-state index in [2.05, 4.69) is 10.3 Å². The molecule has 7 nitrogen and oxygen atoms in total. The molecule has 1 atom stereocenters. The van der Waals surface area contributed by atoms with Gasteiger partial charge in [-0.1, -0.05) is 23.7 Å². The molecule has 0 unspecified atom stereocenters. The lowest BCUT2D eigenvalue weighted by Crippen LogP contribution is -2.36. The van der Waals surface area contributed by atoms with Crippen LogP contribution in [-0.4, -0.2) is 35.9 Å². The first kappa shape index (κ1) is 21.8. The maximum atomic E-state index is 12.9. The summed E-state index contributed by atoms with van der Waals surface area (Å²) in [4.78, 5) is 42.0. The van der Waals surface area contributed by atoms with Gasteiger partial charge >= 0.3 is 5.97 Å². The maximum Gasteiger partial charge on any atom is 0.357 e. The molecule has 0 bridgehead atoms. The molecule has 0 spiro atoms. The molecule has 2 amide bonds. The number of aromatic nitrogens is 1. The molecule has 2 rings (SSSR count). The Hall–Kier alpha value is -2.45. The summed E-state index contributed by atoms with van der Waals surface area (Å²) in [5.41, 5.74) is 0.944. The van der Waals surface area contributed by atoms with Crippen LogP contribution in [0.1, 0.15) is 49.3 Å². The van der Waals surface area contributed by atoms with Crippen molar-refractivity contribution in [1.82, 2.24) is 10.3 Å². The van der Waals surface area contributed by atoms with E-state index in [1.54, 1.807) is 36.6 Å². The number of nitrogens with zero attached hydrogens (tertiary/aromatic N) is 2. The summed E-state index contributed by atoms with van der Waals surface area (Å²) in [5.74, 6) is -0.985. The highest BCUT2D eigenvalue weighted by Crippen LogP contribution is 2.25. The van der Waals surface area contributed by atoms with Gasteiger partial charge in [-0.25, -0.2) is 9.78 Å². The normalized spacial score (nSPS) is 11.6. The lowest BCUT2D eigenvalue weighted by Gasteiger charge is -2.23. The van der Waals surface area contributed by atoms with E-state index in [1.165, 1.54) is 23.2 Å². The van der Waals surface area contributed by atoms with Gasteiger partial charge in [0.2, 0.25) is 11.8 Å². The van der Waals surface area contributed by atoms with Gasteiger partial charge < -0.3 is 10.1 Å². The summed E-state index contributed by atoms with van der Waals surface area (Å²) in [6.07, 6.45) is 0.0450. The van der Waals surface area contributed by atoms with Crippen LogP contribution >= 0.6 is 22.9 Å². The van der Waals surface area contributed by atoms with Crippen LogP contribution in [0.25, 0.3) is 0 Å². The van der Waals surface area contributed by atoms with E-state index in [0.717, 1.165) is 5.56 Å². The van der Waals surface area contributed by atoms with Crippen LogP contribution < -0.4 is 10.2 Å². The van der Waals surface area contributed by atoms with Crippen molar-refractivity contribution in [3.63, 3.8) is 0 Å². The zero-order chi connectivity index (χ0) is 20.7. The molecule has 9 heteroatoms. The number of ether oxygens (including phenoxy) is 1. The molecule has 1 aromatic carbocycles. The van der Waals surface area contributed by atoms with Crippen molar-refractivity contribution < 1.29 is 19.1 Å². The Morgan fingerprint density at radius 1 is 1.25 bits per heavy atom. The molecule has 0 aliphatic rings. The van der Waals surface area contributed by atoms with Gasteiger partial charge in [-0.2, -0.15) is 0 Å². The highest BCUT2D eigenvalue weighted by molar-refractivity contribution is 7.14. The number of carbonyl (C=O) groups excluding carboxylic acids is 3. The average Bonchev–Trinajstić information content (AvgIpc) is 3.12. The number of anilines is 1. The molecule has 0 aliphatic carbocycles. The van der Waals surface area contributed by atoms with Crippen molar-refractivity contribution in [2.24, 2.45) is 0 Å². The van der Waals surface area contributed by atoms with Gasteiger partial charge in [-0.05, 0) is 31.5 Å². The molecule has 1 heterocycles. The molecule has 0 saturated heterocycles. The molecule has 0 saturated carbocycles. The van der Waals surface area contributed by atoms with Crippen LogP contribution in [0, 0.1) is 0 Å². The fraction of sp³-hybridized carbons (Fsp3) is 0.368. The van der Waals surface area contributed by atoms with Gasteiger partial charge in [-0.15, -0.1) is 11.3 Å². The Morgan fingerprint density at radius 3 is 2.50 bits per heavy atom. The zero-order valence-corrected chi connectivity index (χ0v) is 17.5. The number of thiazole rings is 1. The maximum absolute atomic E-state index is 12.9. The third-order valence-electron chi connectivity index (χ3n) is 3.85. The van der Waals surface area contributed by atoms with Gasteiger partial charge in [0.1, 0.15) is 0 Å². The van der Waals surface area contributed by atoms with Crippen LogP contribution in [0.4, 0.5) is 5.13 Å². The van der Waals surface area contributed by atoms with E-state index in [9.17, 15) is 14.4 Å². The fourth-order valence-electron chi connectivity index (χ4n) is 2.58. The summed E-state index contributed by atoms with van der Waals surface area (Å²) in [6.45, 7) is 5.56. The molecule has 2 aromatic rings. The number of carbonyl (C=O) groups is 3. The fourth-order valence-corrected chi connectivity index (χ4v) is 3.58. The molecule has 1 aromatic heterocycles. The number of rotatable bonds is 8. The van der Waals surface area contributed by atoms with E-state index in [0.29, 0.717) is 16.7 Å². The van der Waals surface area contributed by atoms with E-state index in [-0.39, 0.29) is 30.5 Å². The first-order valence-corrected chi connectivity index (χ1v) is 10.1. The molecular weight excluding hydrogens is 402 g/mol. The predicted octanol–water partition coefficient (Wildman–Crippen LogP) is 3.59. The summed E-state index contributed by atoms with van der Waals surface area (Å²) < 4.78 is 4.93. The summed E-state index contributed by atoms with van der Waals surface area (Å²) in [6, 6.07) is 6.46. The second-order valence-electron chi connectivity index (χ2n) is 5.88. The number of amides is 2. The number of halogens is 1. The summed E-state index contributed by atoms with van der Waals surface area (Å²) in [7, 11) is 0. The van der Waals surface area contributed by atoms with E-state index in [1.807, 2.05) is 6.92 Å². The van der Waals surface area contributed by atoms with Crippen molar-refractivity contribution >= 4 is 45.9 Å². The van der Waals surface area contributed by atoms with Crippen LogP contribution in [-0.2, 0) is 14.3 Å². The second kappa shape index (κ2) is 10.2. The quantitative estimate of drug-likeness (QED) is 0.655. The molecule has 0 radical (unpaired) electrons. The smallest absolute Gasteiger partial charge is 0.357 e. The molecule has 0 fully saturated rings. The first-order chi connectivity index (χ1) is 13.3. The average molecular weight is 424 g/mol. The minimum atomic E-state index is -0.522. The monoisotopic (exact) mass is 423 g/mol. The van der Waals surface area contributed by atoms with Crippen LogP contribution in [0.5, 0.6) is 0 Å². The van der Waals surface area contributed by atoms with Crippen molar-refractivity contribution in [3.8, 4) is 0 Å². The van der Waals surface area contributed by atoms with E-state index < -0.39 is 12.0 Å². The highest BCUT2D eigenvalue weighted by Gasteiger charge is 2.24. The van der Waals surface area contributed by atoms with Gasteiger partial charge in [-0.3, -0.25) is 14.5 Å². The van der Waals surface area contributed by atoms with Crippen LogP contribution in [0.3, 0.4) is 0 Å². The number of hydrogen-bond acceptors (Lipinski definition) is 6. The zero-order valence-electron chi connectivity index (χ0n) is 15.9. The Labute approximate surface area is 172 Å². The lowest BCUT2D eigenvalue weighted by atomic mass is 10.0. The van der Waals surface area contributed by atoms with Crippen LogP contribution in [0.2, 0.25) is 5.02 Å². The topological polar surface area (TPSA) is 88.6 Å². The highest BCUT2D eigenvalue weighted by atomic mass is 35.5. The predicted molar refractivity (Wildman–Crippen MR) is 109 cm³/mol. The first-order valence-electron chi connectivity index (χ1n) is 8.81. The van der Waals surface area contributed by atoms with Crippen molar-refractivity contribution in [2.45, 2.75) is 33.2 Å². The minimum absolute atomic E-state index is 0.0450. The third kappa shape index (κ3) is 5.77. The molecule has 1 N–H and O–H groups in total. The minimum Gasteiger partial charge on any atom is -0.461 e. The number of esters is 1. The number of nitrogens with one attached hydrogen (secondary N) is 1. The van der Waals surface area contributed by atoms with Crippen LogP contribution in [0.15, 0.2) is 29.6 Å². The Morgan fingerprint density at radius 2 is 1.93 bits per heavy atom. The lowest BCUT2D eigenvalue weighted by molar-refractivity contribution is -0.121. The van der Waals surface area contributed by atoms with Gasteiger partial charge in [0.25, 0.3) is 0 Å². The summed E-state index contributed by atoms with van der Waals surface area (Å²) in [5, 5.41) is 5.34. The Balaban J connectivity index is 2.19. The molecule has 28 heavy (non-hydrogen) atoms.